The second kappa shape index (κ2) is 9.61. The summed E-state index contributed by atoms with van der Waals surface area (Å²) in [6.45, 7) is 6.41. The average molecular weight is 445 g/mol. The first-order chi connectivity index (χ1) is 15.5. The number of amides is 2. The third kappa shape index (κ3) is 4.73. The van der Waals surface area contributed by atoms with Crippen molar-refractivity contribution in [3.05, 3.63) is 95.1 Å². The quantitative estimate of drug-likeness (QED) is 0.478. The summed E-state index contributed by atoms with van der Waals surface area (Å²) in [5.41, 5.74) is 5.70. The van der Waals surface area contributed by atoms with Gasteiger partial charge in [0, 0.05) is 16.9 Å². The Balaban J connectivity index is 1.54. The normalized spacial score (nSPS) is 15.9. The van der Waals surface area contributed by atoms with E-state index in [2.05, 4.69) is 38.2 Å². The van der Waals surface area contributed by atoms with Gasteiger partial charge in [-0.05, 0) is 65.4 Å². The number of nitrogens with zero attached hydrogens (tertiary/aromatic N) is 1. The van der Waals surface area contributed by atoms with Crippen molar-refractivity contribution >= 4 is 35.0 Å². The van der Waals surface area contributed by atoms with Gasteiger partial charge in [-0.25, -0.2) is 0 Å². The molecule has 1 aliphatic rings. The van der Waals surface area contributed by atoms with Crippen LogP contribution in [0.5, 0.6) is 0 Å². The topological polar surface area (TPSA) is 49.4 Å². The Labute approximate surface area is 194 Å². The maximum absolute atomic E-state index is 12.7. The highest BCUT2D eigenvalue weighted by Gasteiger charge is 2.34. The second-order valence-corrected chi connectivity index (χ2v) is 9.37. The molecule has 3 aromatic rings. The molecular weight excluding hydrogens is 416 g/mol. The molecule has 164 valence electrons. The summed E-state index contributed by atoms with van der Waals surface area (Å²) < 4.78 is 0. The monoisotopic (exact) mass is 444 g/mol. The standard InChI is InChI=1S/C27H28N2O2S/c1-4-19-8-10-21(11-9-19)26(31)28-23-7-5-6-22(16-23)27-29(25(30)17-32-27)24-14-12-20(13-15-24)18(2)3/h5-16,18,27H,4,17H2,1-3H3,(H,28,31)/t27-/m1/s1. The van der Waals surface area contributed by atoms with E-state index in [-0.39, 0.29) is 17.2 Å². The molecule has 5 heteroatoms. The number of benzene rings is 3. The van der Waals surface area contributed by atoms with Crippen molar-refractivity contribution in [2.24, 2.45) is 0 Å². The Morgan fingerprint density at radius 1 is 1.06 bits per heavy atom. The zero-order valence-electron chi connectivity index (χ0n) is 18.7. The van der Waals surface area contributed by atoms with Gasteiger partial charge in [0.15, 0.2) is 0 Å². The fourth-order valence-electron chi connectivity index (χ4n) is 3.83. The van der Waals surface area contributed by atoms with Gasteiger partial charge in [0.2, 0.25) is 5.91 Å². The lowest BCUT2D eigenvalue weighted by Gasteiger charge is -2.25. The minimum absolute atomic E-state index is 0.0998. The molecule has 4 rings (SSSR count). The molecule has 4 nitrogen and oxygen atoms in total. The van der Waals surface area contributed by atoms with Crippen LogP contribution in [-0.4, -0.2) is 17.6 Å². The van der Waals surface area contributed by atoms with Crippen LogP contribution in [0.4, 0.5) is 11.4 Å². The molecule has 0 radical (unpaired) electrons. The smallest absolute Gasteiger partial charge is 0.255 e. The van der Waals surface area contributed by atoms with E-state index < -0.39 is 0 Å². The zero-order valence-corrected chi connectivity index (χ0v) is 19.5. The Morgan fingerprint density at radius 3 is 2.44 bits per heavy atom. The molecule has 3 aromatic carbocycles. The summed E-state index contributed by atoms with van der Waals surface area (Å²) in [7, 11) is 0. The number of carbonyl (C=O) groups excluding carboxylic acids is 2. The van der Waals surface area contributed by atoms with Crippen molar-refractivity contribution < 1.29 is 9.59 Å². The van der Waals surface area contributed by atoms with E-state index >= 15 is 0 Å². The molecule has 0 saturated carbocycles. The second-order valence-electron chi connectivity index (χ2n) is 8.30. The molecule has 1 heterocycles. The molecule has 0 bridgehead atoms. The number of rotatable bonds is 6. The molecule has 0 spiro atoms. The summed E-state index contributed by atoms with van der Waals surface area (Å²) in [5, 5.41) is 2.88. The zero-order chi connectivity index (χ0) is 22.7. The van der Waals surface area contributed by atoms with Gasteiger partial charge in [-0.1, -0.05) is 57.2 Å². The molecule has 0 aromatic heterocycles. The molecule has 0 unspecified atom stereocenters. The van der Waals surface area contributed by atoms with Crippen molar-refractivity contribution in [1.82, 2.24) is 0 Å². The van der Waals surface area contributed by atoms with Crippen molar-refractivity contribution in [3.8, 4) is 0 Å². The molecule has 1 fully saturated rings. The number of hydrogen-bond acceptors (Lipinski definition) is 3. The molecule has 1 N–H and O–H groups in total. The summed E-state index contributed by atoms with van der Waals surface area (Å²) in [5.74, 6) is 0.850. The molecule has 1 aliphatic heterocycles. The van der Waals surface area contributed by atoms with E-state index in [0.29, 0.717) is 17.2 Å². The predicted octanol–water partition coefficient (Wildman–Crippen LogP) is 6.40. The van der Waals surface area contributed by atoms with Gasteiger partial charge in [-0.3, -0.25) is 14.5 Å². The van der Waals surface area contributed by atoms with Crippen LogP contribution in [0.15, 0.2) is 72.8 Å². The summed E-state index contributed by atoms with van der Waals surface area (Å²) in [6.07, 6.45) is 0.943. The highest BCUT2D eigenvalue weighted by atomic mass is 32.2. The first-order valence-electron chi connectivity index (χ1n) is 11.0. The number of anilines is 2. The highest BCUT2D eigenvalue weighted by molar-refractivity contribution is 8.00. The van der Waals surface area contributed by atoms with E-state index in [4.69, 9.17) is 0 Å². The van der Waals surface area contributed by atoms with Crippen LogP contribution in [0, 0.1) is 0 Å². The Kier molecular flexibility index (Phi) is 6.66. The van der Waals surface area contributed by atoms with Crippen LogP contribution >= 0.6 is 11.8 Å². The maximum Gasteiger partial charge on any atom is 0.255 e. The molecule has 32 heavy (non-hydrogen) atoms. The molecule has 2 amide bonds. The Bertz CT molecular complexity index is 1110. The number of aryl methyl sites for hydroxylation is 1. The van der Waals surface area contributed by atoms with Crippen LogP contribution in [-0.2, 0) is 11.2 Å². The molecule has 1 saturated heterocycles. The maximum atomic E-state index is 12.7. The van der Waals surface area contributed by atoms with Crippen LogP contribution < -0.4 is 10.2 Å². The molecule has 0 aliphatic carbocycles. The largest absolute Gasteiger partial charge is 0.322 e. The Morgan fingerprint density at radius 2 is 1.78 bits per heavy atom. The lowest BCUT2D eigenvalue weighted by atomic mass is 10.0. The number of nitrogens with one attached hydrogen (secondary N) is 1. The fraction of sp³-hybridized carbons (Fsp3) is 0.259. The number of hydrogen-bond donors (Lipinski definition) is 1. The van der Waals surface area contributed by atoms with Crippen LogP contribution in [0.2, 0.25) is 0 Å². The summed E-state index contributed by atoms with van der Waals surface area (Å²) in [4.78, 5) is 27.3. The highest BCUT2D eigenvalue weighted by Crippen LogP contribution is 2.42. The van der Waals surface area contributed by atoms with Gasteiger partial charge in [0.05, 0.1) is 5.75 Å². The van der Waals surface area contributed by atoms with Crippen molar-refractivity contribution in [2.45, 2.75) is 38.5 Å². The van der Waals surface area contributed by atoms with E-state index in [9.17, 15) is 9.59 Å². The lowest BCUT2D eigenvalue weighted by Crippen LogP contribution is -2.27. The molecule has 1 atom stereocenters. The summed E-state index contributed by atoms with van der Waals surface area (Å²) >= 11 is 1.61. The van der Waals surface area contributed by atoms with Gasteiger partial charge in [0.25, 0.3) is 5.91 Å². The van der Waals surface area contributed by atoms with Gasteiger partial charge < -0.3 is 5.32 Å². The first-order valence-corrected chi connectivity index (χ1v) is 12.0. The van der Waals surface area contributed by atoms with Crippen molar-refractivity contribution in [1.29, 1.82) is 0 Å². The van der Waals surface area contributed by atoms with E-state index in [1.54, 1.807) is 11.8 Å². The van der Waals surface area contributed by atoms with Crippen molar-refractivity contribution in [2.75, 3.05) is 16.0 Å². The molecular formula is C27H28N2O2S. The van der Waals surface area contributed by atoms with Crippen LogP contribution in [0.3, 0.4) is 0 Å². The lowest BCUT2D eigenvalue weighted by molar-refractivity contribution is -0.115. The van der Waals surface area contributed by atoms with Crippen LogP contribution in [0.1, 0.15) is 59.1 Å². The Hall–Kier alpha value is -3.05. The van der Waals surface area contributed by atoms with E-state index in [1.165, 1.54) is 11.1 Å². The third-order valence-corrected chi connectivity index (χ3v) is 6.97. The van der Waals surface area contributed by atoms with E-state index in [0.717, 1.165) is 23.4 Å². The summed E-state index contributed by atoms with van der Waals surface area (Å²) in [6, 6.07) is 23.7. The third-order valence-electron chi connectivity index (χ3n) is 5.76. The minimum atomic E-state index is -0.138. The minimum Gasteiger partial charge on any atom is -0.322 e. The fourth-order valence-corrected chi connectivity index (χ4v) is 5.00. The van der Waals surface area contributed by atoms with Crippen molar-refractivity contribution in [3.63, 3.8) is 0 Å². The van der Waals surface area contributed by atoms with Gasteiger partial charge in [-0.2, -0.15) is 0 Å². The van der Waals surface area contributed by atoms with E-state index in [1.807, 2.05) is 65.6 Å². The van der Waals surface area contributed by atoms with Gasteiger partial charge in [0.1, 0.15) is 5.37 Å². The van der Waals surface area contributed by atoms with Gasteiger partial charge in [-0.15, -0.1) is 11.8 Å². The number of carbonyl (C=O) groups is 2. The predicted molar refractivity (Wildman–Crippen MR) is 133 cm³/mol. The first kappa shape index (κ1) is 22.2. The van der Waals surface area contributed by atoms with Gasteiger partial charge >= 0.3 is 0 Å². The average Bonchev–Trinajstić information content (AvgIpc) is 3.20. The SMILES string of the molecule is CCc1ccc(C(=O)Nc2cccc([C@H]3SCC(=O)N3c3ccc(C(C)C)cc3)c2)cc1. The van der Waals surface area contributed by atoms with Crippen LogP contribution in [0.25, 0.3) is 0 Å². The number of thioether (sulfide) groups is 1.